The summed E-state index contributed by atoms with van der Waals surface area (Å²) in [5.74, 6) is 3.26. The Kier molecular flexibility index (Phi) is 10.1. The van der Waals surface area contributed by atoms with Crippen molar-refractivity contribution in [2.24, 2.45) is 17.3 Å². The fourth-order valence-corrected chi connectivity index (χ4v) is 10.8. The zero-order valence-electron chi connectivity index (χ0n) is 25.5. The minimum atomic E-state index is -0.631. The van der Waals surface area contributed by atoms with E-state index in [-0.39, 0.29) is 11.4 Å². The molecule has 0 aliphatic heterocycles. The van der Waals surface area contributed by atoms with Crippen LogP contribution in [-0.2, 0) is 20.7 Å². The van der Waals surface area contributed by atoms with Crippen molar-refractivity contribution < 1.29 is 19.1 Å². The lowest BCUT2D eigenvalue weighted by atomic mass is 9.55. The molecule has 2 aromatic rings. The van der Waals surface area contributed by atoms with Gasteiger partial charge in [-0.05, 0) is 92.9 Å². The van der Waals surface area contributed by atoms with Crippen molar-refractivity contribution in [3.8, 4) is 5.75 Å². The molecule has 1 radical (unpaired) electrons. The molecule has 0 spiro atoms. The number of carbonyl (C=O) groups excluding carboxylic acids is 2. The number of carbonyl (C=O) groups is 2. The number of hydrogen-bond acceptors (Lipinski definition) is 4. The number of ether oxygens (including phenoxy) is 2. The van der Waals surface area contributed by atoms with Crippen LogP contribution in [0.15, 0.2) is 42.5 Å². The first-order valence-electron chi connectivity index (χ1n) is 16.2. The second-order valence-electron chi connectivity index (χ2n) is 13.1. The number of benzene rings is 2. The van der Waals surface area contributed by atoms with Crippen LogP contribution in [0, 0.1) is 24.2 Å². The molecule has 3 aliphatic carbocycles. The van der Waals surface area contributed by atoms with E-state index in [4.69, 9.17) is 9.47 Å². The van der Waals surface area contributed by atoms with Gasteiger partial charge in [0.2, 0.25) is 0 Å². The number of ketones is 1. The highest BCUT2D eigenvalue weighted by molar-refractivity contribution is 6.73. The van der Waals surface area contributed by atoms with Gasteiger partial charge in [-0.2, -0.15) is 0 Å². The van der Waals surface area contributed by atoms with E-state index in [0.29, 0.717) is 30.1 Å². The van der Waals surface area contributed by atoms with Crippen LogP contribution in [0.4, 0.5) is 0 Å². The molecular formula is C36H49O4Si. The molecule has 2 aromatic carbocycles. The maximum atomic E-state index is 12.6. The van der Waals surface area contributed by atoms with Gasteiger partial charge < -0.3 is 9.47 Å². The first-order chi connectivity index (χ1) is 19.8. The Hall–Kier alpha value is -2.40. The third-order valence-electron chi connectivity index (χ3n) is 10.4. The molecule has 0 saturated heterocycles. The van der Waals surface area contributed by atoms with Gasteiger partial charge in [-0.25, -0.2) is 0 Å². The van der Waals surface area contributed by atoms with Gasteiger partial charge in [0.25, 0.3) is 0 Å². The average Bonchev–Trinajstić information content (AvgIpc) is 3.27. The van der Waals surface area contributed by atoms with Gasteiger partial charge in [0.15, 0.2) is 0 Å². The quantitative estimate of drug-likeness (QED) is 0.140. The Morgan fingerprint density at radius 3 is 2.51 bits per heavy atom. The zero-order valence-corrected chi connectivity index (χ0v) is 26.5. The largest absolute Gasteiger partial charge is 0.494 e. The Balaban J connectivity index is 1.11. The van der Waals surface area contributed by atoms with Crippen LogP contribution >= 0.6 is 0 Å². The van der Waals surface area contributed by atoms with Crippen LogP contribution in [0.1, 0.15) is 101 Å². The lowest BCUT2D eigenvalue weighted by Crippen LogP contribution is -2.42. The Labute approximate surface area is 249 Å². The Morgan fingerprint density at radius 2 is 1.71 bits per heavy atom. The maximum absolute atomic E-state index is 12.6. The van der Waals surface area contributed by atoms with Crippen LogP contribution in [0.5, 0.6) is 5.75 Å². The molecule has 5 heteroatoms. The van der Waals surface area contributed by atoms with E-state index in [1.54, 1.807) is 0 Å². The topological polar surface area (TPSA) is 52.6 Å². The monoisotopic (exact) mass is 573 g/mol. The van der Waals surface area contributed by atoms with Crippen LogP contribution in [0.3, 0.4) is 0 Å². The van der Waals surface area contributed by atoms with E-state index in [2.05, 4.69) is 56.3 Å². The number of fused-ring (bicyclic) bond motifs is 5. The van der Waals surface area contributed by atoms with Crippen LogP contribution in [0.2, 0.25) is 12.1 Å². The fourth-order valence-electron chi connectivity index (χ4n) is 8.11. The maximum Gasteiger partial charge on any atom is 0.302 e. The number of aryl methyl sites for hydroxylation is 2. The van der Waals surface area contributed by atoms with E-state index in [1.807, 2.05) is 0 Å². The highest BCUT2D eigenvalue weighted by Gasteiger charge is 2.54. The van der Waals surface area contributed by atoms with Crippen molar-refractivity contribution in [1.29, 1.82) is 0 Å². The molecule has 4 nitrogen and oxygen atoms in total. The van der Waals surface area contributed by atoms with E-state index in [1.165, 1.54) is 60.2 Å². The summed E-state index contributed by atoms with van der Waals surface area (Å²) in [5, 5.41) is 1.54. The van der Waals surface area contributed by atoms with Crippen molar-refractivity contribution in [2.45, 2.75) is 109 Å². The second-order valence-corrected chi connectivity index (χ2v) is 15.9. The van der Waals surface area contributed by atoms with Crippen LogP contribution in [0.25, 0.3) is 0 Å². The van der Waals surface area contributed by atoms with Crippen molar-refractivity contribution in [3.05, 3.63) is 59.2 Å². The van der Waals surface area contributed by atoms with Gasteiger partial charge >= 0.3 is 5.97 Å². The number of rotatable bonds is 13. The summed E-state index contributed by atoms with van der Waals surface area (Å²) in [6.45, 7) is 7.22. The first kappa shape index (κ1) is 30.1. The standard InChI is InChI=1S/C36H49O4Si/c1-26-9-13-30(14-10-26)41(23-7-5-4-6-21-39-27(2)37)24-8-22-40-29-12-16-31-28(25-29)11-15-33-32(31)19-20-36(3)34(33)17-18-35(36)38/h9-10,12-14,16,25,32-34H,4-8,11,15,17-24H2,1-3H3/t32-,33-,34+,36+/m1/s1. The zero-order chi connectivity index (χ0) is 28.8. The van der Waals surface area contributed by atoms with E-state index < -0.39 is 8.80 Å². The molecular weight excluding hydrogens is 524 g/mol. The molecule has 3 aliphatic rings. The van der Waals surface area contributed by atoms with Gasteiger partial charge in [-0.15, -0.1) is 0 Å². The predicted octanol–water partition coefficient (Wildman–Crippen LogP) is 7.71. The molecule has 0 bridgehead atoms. The molecule has 0 heterocycles. The Morgan fingerprint density at radius 1 is 0.927 bits per heavy atom. The molecule has 0 aromatic heterocycles. The summed E-state index contributed by atoms with van der Waals surface area (Å²) in [6.07, 6.45) is 12.1. The van der Waals surface area contributed by atoms with Crippen LogP contribution in [-0.4, -0.2) is 33.8 Å². The molecule has 0 N–H and O–H groups in total. The molecule has 4 atom stereocenters. The molecule has 0 amide bonds. The van der Waals surface area contributed by atoms with Gasteiger partial charge in [-0.3, -0.25) is 9.59 Å². The lowest BCUT2D eigenvalue weighted by molar-refractivity contribution is -0.141. The second kappa shape index (κ2) is 13.7. The highest BCUT2D eigenvalue weighted by atomic mass is 28.3. The minimum absolute atomic E-state index is 0.0498. The van der Waals surface area contributed by atoms with Crippen molar-refractivity contribution in [3.63, 3.8) is 0 Å². The van der Waals surface area contributed by atoms with Crippen molar-refractivity contribution in [2.75, 3.05) is 13.2 Å². The summed E-state index contributed by atoms with van der Waals surface area (Å²) < 4.78 is 11.4. The molecule has 5 rings (SSSR count). The minimum Gasteiger partial charge on any atom is -0.494 e. The van der Waals surface area contributed by atoms with Gasteiger partial charge in [0.1, 0.15) is 11.5 Å². The van der Waals surface area contributed by atoms with Crippen LogP contribution < -0.4 is 9.92 Å². The first-order valence-corrected chi connectivity index (χ1v) is 18.1. The molecule has 41 heavy (non-hydrogen) atoms. The summed E-state index contributed by atoms with van der Waals surface area (Å²) in [4.78, 5) is 23.6. The predicted molar refractivity (Wildman–Crippen MR) is 167 cm³/mol. The third-order valence-corrected chi connectivity index (χ3v) is 13.5. The lowest BCUT2D eigenvalue weighted by Gasteiger charge is -2.48. The summed E-state index contributed by atoms with van der Waals surface area (Å²) >= 11 is 0. The van der Waals surface area contributed by atoms with E-state index in [9.17, 15) is 9.59 Å². The number of Topliss-reactive ketones (excluding diaryl/α,β-unsaturated/α-hetero) is 1. The Bertz CT molecular complexity index is 1190. The van der Waals surface area contributed by atoms with E-state index in [0.717, 1.165) is 63.7 Å². The molecule has 2 saturated carbocycles. The molecule has 2 fully saturated rings. The third kappa shape index (κ3) is 7.16. The molecule has 0 unspecified atom stereocenters. The van der Waals surface area contributed by atoms with E-state index >= 15 is 0 Å². The van der Waals surface area contributed by atoms with Crippen molar-refractivity contribution in [1.82, 2.24) is 0 Å². The normalized spacial score (nSPS) is 25.0. The molecule has 221 valence electrons. The van der Waals surface area contributed by atoms with Gasteiger partial charge in [0, 0.05) is 18.8 Å². The summed E-state index contributed by atoms with van der Waals surface area (Å²) in [6, 6.07) is 18.6. The van der Waals surface area contributed by atoms with Gasteiger partial charge in [-0.1, -0.05) is 79.4 Å². The average molecular weight is 574 g/mol. The summed E-state index contributed by atoms with van der Waals surface area (Å²) in [5.41, 5.74) is 4.29. The number of esters is 1. The van der Waals surface area contributed by atoms with Gasteiger partial charge in [0.05, 0.1) is 22.0 Å². The fraction of sp³-hybridized carbons (Fsp3) is 0.611. The smallest absolute Gasteiger partial charge is 0.302 e. The SMILES string of the molecule is CC(=O)OCCCCCC[Si](CCCOc1ccc2c(c1)CC[C@@H]1[C@@H]2CC[C@]2(C)C(=O)CC[C@@H]12)c1ccc(C)cc1. The number of unbranched alkanes of at least 4 members (excludes halogenated alkanes) is 3. The highest BCUT2D eigenvalue weighted by Crippen LogP contribution is 2.59. The summed E-state index contributed by atoms with van der Waals surface area (Å²) in [7, 11) is -0.631. The van der Waals surface area contributed by atoms with Crippen molar-refractivity contribution >= 4 is 25.7 Å². The number of hydrogen-bond donors (Lipinski definition) is 0.